The van der Waals surface area contributed by atoms with Gasteiger partial charge >= 0.3 is 0 Å². The van der Waals surface area contributed by atoms with Crippen molar-refractivity contribution in [2.24, 2.45) is 4.99 Å². The first-order valence-electron chi connectivity index (χ1n) is 11.0. The quantitative estimate of drug-likeness (QED) is 0.242. The molecule has 3 N–H and O–H groups in total. The number of hydrogen-bond acceptors (Lipinski definition) is 7. The highest BCUT2D eigenvalue weighted by Crippen LogP contribution is 2.43. The number of rotatable bonds is 4. The van der Waals surface area contributed by atoms with E-state index in [0.717, 1.165) is 0 Å². The van der Waals surface area contributed by atoms with Crippen molar-refractivity contribution in [3.63, 3.8) is 0 Å². The third-order valence-electron chi connectivity index (χ3n) is 5.84. The highest BCUT2D eigenvalue weighted by molar-refractivity contribution is 7.89. The maximum atomic E-state index is 13.2. The molecule has 0 amide bonds. The Labute approximate surface area is 209 Å². The molecule has 12 heteroatoms. The van der Waals surface area contributed by atoms with Crippen LogP contribution in [0, 0.1) is 11.5 Å². The molecule has 186 valence electrons. The van der Waals surface area contributed by atoms with Gasteiger partial charge in [-0.15, -0.1) is 0 Å². The Bertz CT molecular complexity index is 1250. The Balaban J connectivity index is 1.75. The van der Waals surface area contributed by atoms with E-state index < -0.39 is 27.8 Å². The SMILES string of the molecule is CC1(C)Oc2ccc(S(=O)(=O)N3CCOCC3)cc2C(/N=C(/NC#N)Nc2ccc(Cl)cc2)C1O. The summed E-state index contributed by atoms with van der Waals surface area (Å²) >= 11 is 5.95. The van der Waals surface area contributed by atoms with E-state index >= 15 is 0 Å². The van der Waals surface area contributed by atoms with Gasteiger partial charge in [0.1, 0.15) is 23.5 Å². The summed E-state index contributed by atoms with van der Waals surface area (Å²) in [6.07, 6.45) is 0.691. The van der Waals surface area contributed by atoms with Crippen LogP contribution in [0.2, 0.25) is 5.02 Å². The lowest BCUT2D eigenvalue weighted by molar-refractivity contribution is -0.0568. The molecule has 0 aliphatic carbocycles. The molecule has 4 rings (SSSR count). The fourth-order valence-electron chi connectivity index (χ4n) is 3.94. The summed E-state index contributed by atoms with van der Waals surface area (Å²) < 4.78 is 39.1. The van der Waals surface area contributed by atoms with Crippen molar-refractivity contribution in [1.29, 1.82) is 5.26 Å². The average molecular weight is 520 g/mol. The number of aliphatic hydroxyl groups excluding tert-OH is 1. The maximum Gasteiger partial charge on any atom is 0.243 e. The Morgan fingerprint density at radius 1 is 1.23 bits per heavy atom. The van der Waals surface area contributed by atoms with Gasteiger partial charge in [0, 0.05) is 29.4 Å². The second-order valence-corrected chi connectivity index (χ2v) is 11.0. The van der Waals surface area contributed by atoms with Crippen LogP contribution in [0.5, 0.6) is 5.75 Å². The first kappa shape index (κ1) is 25.2. The second-order valence-electron chi connectivity index (χ2n) is 8.66. The summed E-state index contributed by atoms with van der Waals surface area (Å²) in [5.41, 5.74) is -0.0223. The van der Waals surface area contributed by atoms with Gasteiger partial charge in [-0.3, -0.25) is 5.32 Å². The summed E-state index contributed by atoms with van der Waals surface area (Å²) in [5, 5.41) is 26.4. The Morgan fingerprint density at radius 2 is 1.91 bits per heavy atom. The molecular weight excluding hydrogens is 494 g/mol. The molecule has 2 aromatic carbocycles. The number of nitrogens with one attached hydrogen (secondary N) is 2. The predicted octanol–water partition coefficient (Wildman–Crippen LogP) is 2.47. The number of benzene rings is 2. The number of aliphatic imine (C=N–C) groups is 1. The molecule has 0 radical (unpaired) electrons. The molecule has 1 fully saturated rings. The van der Waals surface area contributed by atoms with Crippen LogP contribution in [0.4, 0.5) is 5.69 Å². The maximum absolute atomic E-state index is 13.2. The fraction of sp³-hybridized carbons (Fsp3) is 0.391. The lowest BCUT2D eigenvalue weighted by Gasteiger charge is -2.41. The third kappa shape index (κ3) is 5.37. The average Bonchev–Trinajstić information content (AvgIpc) is 2.83. The number of hydrogen-bond donors (Lipinski definition) is 3. The van der Waals surface area contributed by atoms with Gasteiger partial charge in [-0.1, -0.05) is 11.6 Å². The molecule has 10 nitrogen and oxygen atoms in total. The normalized spacial score (nSPS) is 22.4. The first-order chi connectivity index (χ1) is 16.6. The van der Waals surface area contributed by atoms with E-state index in [1.807, 2.05) is 6.19 Å². The lowest BCUT2D eigenvalue weighted by Crippen LogP contribution is -2.49. The standard InChI is InChI=1S/C23H26ClN5O5S/c1-23(2)21(30)20(28-22(26-14-25)27-16-5-3-15(24)4-6-16)18-13-17(7-8-19(18)34-23)35(31,32)29-9-11-33-12-10-29/h3-8,13,20-21,30H,9-12H2,1-2H3,(H2,26,27,28). The molecule has 2 heterocycles. The number of sulfonamides is 1. The molecule has 2 aliphatic rings. The summed E-state index contributed by atoms with van der Waals surface area (Å²) in [6, 6.07) is 10.4. The van der Waals surface area contributed by atoms with Crippen molar-refractivity contribution in [2.75, 3.05) is 31.6 Å². The number of morpholine rings is 1. The number of guanidine groups is 1. The summed E-state index contributed by atoms with van der Waals surface area (Å²) in [4.78, 5) is 4.64. The van der Waals surface area contributed by atoms with E-state index in [4.69, 9.17) is 21.1 Å². The van der Waals surface area contributed by atoms with Crippen LogP contribution in [0.25, 0.3) is 0 Å². The molecule has 2 atom stereocenters. The van der Waals surface area contributed by atoms with E-state index in [1.54, 1.807) is 44.2 Å². The van der Waals surface area contributed by atoms with Crippen molar-refractivity contribution < 1.29 is 23.0 Å². The predicted molar refractivity (Wildman–Crippen MR) is 131 cm³/mol. The topological polar surface area (TPSA) is 136 Å². The number of fused-ring (bicyclic) bond motifs is 1. The minimum Gasteiger partial charge on any atom is -0.485 e. The smallest absolute Gasteiger partial charge is 0.243 e. The van der Waals surface area contributed by atoms with E-state index in [2.05, 4.69) is 15.6 Å². The molecule has 2 aliphatic heterocycles. The van der Waals surface area contributed by atoms with Gasteiger partial charge in [0.2, 0.25) is 16.0 Å². The molecule has 2 unspecified atom stereocenters. The number of nitrogens with zero attached hydrogens (tertiary/aromatic N) is 3. The molecule has 2 aromatic rings. The van der Waals surface area contributed by atoms with Crippen LogP contribution < -0.4 is 15.4 Å². The van der Waals surface area contributed by atoms with Crippen LogP contribution in [-0.2, 0) is 14.8 Å². The number of halogens is 1. The molecule has 0 spiro atoms. The number of ether oxygens (including phenoxy) is 2. The van der Waals surface area contributed by atoms with Crippen LogP contribution >= 0.6 is 11.6 Å². The van der Waals surface area contributed by atoms with Gasteiger partial charge in [0.05, 0.1) is 18.1 Å². The largest absolute Gasteiger partial charge is 0.485 e. The summed E-state index contributed by atoms with van der Waals surface area (Å²) in [5.74, 6) is 0.474. The van der Waals surface area contributed by atoms with E-state index in [-0.39, 0.29) is 23.9 Å². The number of nitriles is 1. The molecule has 0 saturated carbocycles. The van der Waals surface area contributed by atoms with Crippen molar-refractivity contribution in [3.05, 3.63) is 53.1 Å². The molecule has 0 bridgehead atoms. The zero-order valence-corrected chi connectivity index (χ0v) is 20.8. The molecule has 1 saturated heterocycles. The lowest BCUT2D eigenvalue weighted by atomic mass is 9.87. The zero-order valence-electron chi connectivity index (χ0n) is 19.2. The zero-order chi connectivity index (χ0) is 25.2. The summed E-state index contributed by atoms with van der Waals surface area (Å²) in [7, 11) is -3.78. The van der Waals surface area contributed by atoms with Crippen molar-refractivity contribution in [2.45, 2.75) is 36.5 Å². The van der Waals surface area contributed by atoms with Crippen molar-refractivity contribution in [3.8, 4) is 11.9 Å². The Morgan fingerprint density at radius 3 is 2.57 bits per heavy atom. The summed E-state index contributed by atoms with van der Waals surface area (Å²) in [6.45, 7) is 4.60. The molecule has 0 aromatic heterocycles. The van der Waals surface area contributed by atoms with Crippen LogP contribution in [-0.4, -0.2) is 61.8 Å². The highest BCUT2D eigenvalue weighted by atomic mass is 35.5. The van der Waals surface area contributed by atoms with Gasteiger partial charge in [0.25, 0.3) is 0 Å². The van der Waals surface area contributed by atoms with E-state index in [1.165, 1.54) is 16.4 Å². The monoisotopic (exact) mass is 519 g/mol. The first-order valence-corrected chi connectivity index (χ1v) is 12.8. The molecule has 35 heavy (non-hydrogen) atoms. The number of anilines is 1. The van der Waals surface area contributed by atoms with Crippen molar-refractivity contribution in [1.82, 2.24) is 9.62 Å². The Kier molecular flexibility index (Phi) is 7.21. The molecular formula is C23H26ClN5O5S. The van der Waals surface area contributed by atoms with Gasteiger partial charge in [-0.25, -0.2) is 13.4 Å². The van der Waals surface area contributed by atoms with E-state index in [9.17, 15) is 18.8 Å². The Hall–Kier alpha value is -2.88. The second kappa shape index (κ2) is 10.0. The van der Waals surface area contributed by atoms with Gasteiger partial charge in [-0.2, -0.15) is 9.57 Å². The fourth-order valence-corrected chi connectivity index (χ4v) is 5.51. The highest BCUT2D eigenvalue weighted by Gasteiger charge is 2.44. The van der Waals surface area contributed by atoms with Crippen molar-refractivity contribution >= 4 is 33.3 Å². The minimum absolute atomic E-state index is 0.0642. The van der Waals surface area contributed by atoms with Crippen LogP contribution in [0.1, 0.15) is 25.5 Å². The third-order valence-corrected chi connectivity index (χ3v) is 7.99. The van der Waals surface area contributed by atoms with Crippen LogP contribution in [0.3, 0.4) is 0 Å². The number of aliphatic hydroxyl groups is 1. The van der Waals surface area contributed by atoms with Gasteiger partial charge in [-0.05, 0) is 56.3 Å². The van der Waals surface area contributed by atoms with Gasteiger partial charge < -0.3 is 19.9 Å². The van der Waals surface area contributed by atoms with Crippen LogP contribution in [0.15, 0.2) is 52.4 Å². The van der Waals surface area contributed by atoms with Gasteiger partial charge in [0.15, 0.2) is 6.19 Å². The van der Waals surface area contributed by atoms with E-state index in [0.29, 0.717) is 35.2 Å². The minimum atomic E-state index is -3.78.